The van der Waals surface area contributed by atoms with Crippen LogP contribution in [-0.2, 0) is 21.0 Å². The number of rotatable bonds is 5. The summed E-state index contributed by atoms with van der Waals surface area (Å²) < 4.78 is 26.5. The predicted octanol–water partition coefficient (Wildman–Crippen LogP) is 4.31. The van der Waals surface area contributed by atoms with E-state index in [9.17, 15) is 28.7 Å². The normalized spacial score (nSPS) is 15.9. The summed E-state index contributed by atoms with van der Waals surface area (Å²) in [6, 6.07) is 7.67. The first-order valence-electron chi connectivity index (χ1n) is 9.49. The number of primary amides is 1. The molecule has 0 unspecified atom stereocenters. The van der Waals surface area contributed by atoms with Crippen LogP contribution in [0.3, 0.4) is 0 Å². The number of nitrogens with two attached hydrogens (primary N) is 1. The van der Waals surface area contributed by atoms with Crippen LogP contribution in [0.1, 0.15) is 53.6 Å². The van der Waals surface area contributed by atoms with Crippen molar-refractivity contribution in [1.29, 1.82) is 5.26 Å². The SMILES string of the molecule is N#CC1(c2cc(CS(=O)(=O)c3cc(Br)cc(Cl)c3O)c(O)c(C(N)=O)c2)CCCCC1. The van der Waals surface area contributed by atoms with E-state index in [4.69, 9.17) is 17.3 Å². The van der Waals surface area contributed by atoms with Crippen LogP contribution in [0.5, 0.6) is 11.5 Å². The molecule has 0 atom stereocenters. The van der Waals surface area contributed by atoms with Crippen molar-refractivity contribution in [3.8, 4) is 17.6 Å². The van der Waals surface area contributed by atoms with Crippen LogP contribution in [0.4, 0.5) is 0 Å². The zero-order valence-corrected chi connectivity index (χ0v) is 19.5. The summed E-state index contributed by atoms with van der Waals surface area (Å²) in [6.45, 7) is 0. The number of phenolic OH excluding ortho intramolecular Hbond substituents is 1. The van der Waals surface area contributed by atoms with Crippen LogP contribution in [0.25, 0.3) is 0 Å². The molecule has 1 aliphatic carbocycles. The number of halogens is 2. The Hall–Kier alpha value is -2.28. The molecule has 31 heavy (non-hydrogen) atoms. The summed E-state index contributed by atoms with van der Waals surface area (Å²) in [5.41, 5.74) is 4.63. The van der Waals surface area contributed by atoms with Crippen molar-refractivity contribution in [2.75, 3.05) is 0 Å². The van der Waals surface area contributed by atoms with Gasteiger partial charge in [0.25, 0.3) is 5.91 Å². The minimum absolute atomic E-state index is 0.0815. The quantitative estimate of drug-likeness (QED) is 0.529. The van der Waals surface area contributed by atoms with E-state index in [1.54, 1.807) is 0 Å². The topological polar surface area (TPSA) is 141 Å². The minimum Gasteiger partial charge on any atom is -0.507 e. The number of sulfone groups is 1. The van der Waals surface area contributed by atoms with Crippen LogP contribution < -0.4 is 5.73 Å². The first-order valence-corrected chi connectivity index (χ1v) is 12.3. The smallest absolute Gasteiger partial charge is 0.252 e. The summed E-state index contributed by atoms with van der Waals surface area (Å²) in [4.78, 5) is 11.5. The molecular formula is C21H20BrClN2O5S. The molecule has 0 saturated heterocycles. The lowest BCUT2D eigenvalue weighted by molar-refractivity contribution is 0.0997. The van der Waals surface area contributed by atoms with E-state index < -0.39 is 43.3 Å². The fraction of sp³-hybridized carbons (Fsp3) is 0.333. The van der Waals surface area contributed by atoms with Gasteiger partial charge < -0.3 is 15.9 Å². The van der Waals surface area contributed by atoms with Gasteiger partial charge in [-0.1, -0.05) is 46.8 Å². The molecule has 10 heteroatoms. The average Bonchev–Trinajstić information content (AvgIpc) is 2.72. The van der Waals surface area contributed by atoms with Gasteiger partial charge in [0.05, 0.1) is 27.8 Å². The number of aromatic hydroxyl groups is 2. The Morgan fingerprint density at radius 3 is 2.39 bits per heavy atom. The van der Waals surface area contributed by atoms with Crippen LogP contribution in [0, 0.1) is 11.3 Å². The highest BCUT2D eigenvalue weighted by molar-refractivity contribution is 9.10. The maximum absolute atomic E-state index is 13.1. The Bertz CT molecular complexity index is 1200. The number of carbonyl (C=O) groups excluding carboxylic acids is 1. The molecule has 0 aliphatic heterocycles. The van der Waals surface area contributed by atoms with E-state index in [0.717, 1.165) is 19.3 Å². The number of phenols is 2. The second-order valence-corrected chi connectivity index (χ2v) is 10.9. The van der Waals surface area contributed by atoms with E-state index in [-0.39, 0.29) is 16.1 Å². The van der Waals surface area contributed by atoms with Gasteiger partial charge >= 0.3 is 0 Å². The third-order valence-corrected chi connectivity index (χ3v) is 8.02. The van der Waals surface area contributed by atoms with Crippen LogP contribution >= 0.6 is 27.5 Å². The van der Waals surface area contributed by atoms with Crippen LogP contribution in [0.15, 0.2) is 33.6 Å². The fourth-order valence-electron chi connectivity index (χ4n) is 3.95. The Kier molecular flexibility index (Phi) is 6.56. The monoisotopic (exact) mass is 526 g/mol. The van der Waals surface area contributed by atoms with Crippen molar-refractivity contribution in [2.45, 2.75) is 48.2 Å². The van der Waals surface area contributed by atoms with Gasteiger partial charge in [0.15, 0.2) is 15.6 Å². The largest absolute Gasteiger partial charge is 0.507 e. The maximum atomic E-state index is 13.1. The lowest BCUT2D eigenvalue weighted by Gasteiger charge is -2.32. The molecule has 1 fully saturated rings. The zero-order chi connectivity index (χ0) is 23.0. The van der Waals surface area contributed by atoms with Crippen molar-refractivity contribution in [2.24, 2.45) is 5.73 Å². The van der Waals surface area contributed by atoms with Gasteiger partial charge in [-0.2, -0.15) is 5.26 Å². The summed E-state index contributed by atoms with van der Waals surface area (Å²) in [5.74, 6) is -2.84. The first-order chi connectivity index (χ1) is 14.5. The Labute approximate surface area is 193 Å². The highest BCUT2D eigenvalue weighted by atomic mass is 79.9. The van der Waals surface area contributed by atoms with Gasteiger partial charge in [-0.3, -0.25) is 4.79 Å². The number of amides is 1. The molecule has 1 amide bonds. The second-order valence-electron chi connectivity index (χ2n) is 7.64. The van der Waals surface area contributed by atoms with E-state index in [0.29, 0.717) is 22.9 Å². The van der Waals surface area contributed by atoms with Gasteiger partial charge in [0.2, 0.25) is 0 Å². The molecule has 0 radical (unpaired) electrons. The standard InChI is InChI=1S/C21H20BrClN2O5S/c22-14-8-16(23)19(27)17(9-14)31(29,30)10-12-6-13(7-15(18(12)26)20(25)28)21(11-24)4-2-1-3-5-21/h6-9,26-27H,1-5,10H2,(H2,25,28). The third-order valence-electron chi connectivity index (χ3n) is 5.60. The Morgan fingerprint density at radius 1 is 1.16 bits per heavy atom. The second kappa shape index (κ2) is 8.69. The van der Waals surface area contributed by atoms with Crippen molar-refractivity contribution in [1.82, 2.24) is 0 Å². The lowest BCUT2D eigenvalue weighted by atomic mass is 9.70. The summed E-state index contributed by atoms with van der Waals surface area (Å²) >= 11 is 9.04. The molecule has 0 bridgehead atoms. The fourth-order valence-corrected chi connectivity index (χ4v) is 6.46. The number of nitrogens with zero attached hydrogens (tertiary/aromatic N) is 1. The van der Waals surface area contributed by atoms with E-state index in [2.05, 4.69) is 22.0 Å². The molecule has 0 spiro atoms. The minimum atomic E-state index is -4.19. The average molecular weight is 528 g/mol. The van der Waals surface area contributed by atoms with Gasteiger partial charge in [0, 0.05) is 10.0 Å². The number of carbonyl (C=O) groups is 1. The molecule has 7 nitrogen and oxygen atoms in total. The molecule has 3 rings (SSSR count). The van der Waals surface area contributed by atoms with E-state index in [1.807, 2.05) is 0 Å². The number of hydrogen-bond acceptors (Lipinski definition) is 6. The van der Waals surface area contributed by atoms with Crippen molar-refractivity contribution in [3.05, 3.63) is 50.5 Å². The molecule has 2 aromatic carbocycles. The van der Waals surface area contributed by atoms with Crippen molar-refractivity contribution in [3.63, 3.8) is 0 Å². The number of benzene rings is 2. The van der Waals surface area contributed by atoms with Gasteiger partial charge in [-0.15, -0.1) is 0 Å². The van der Waals surface area contributed by atoms with Gasteiger partial charge in [-0.05, 0) is 42.7 Å². The van der Waals surface area contributed by atoms with Gasteiger partial charge in [0.1, 0.15) is 10.6 Å². The van der Waals surface area contributed by atoms with Crippen LogP contribution in [-0.4, -0.2) is 24.5 Å². The molecule has 1 saturated carbocycles. The highest BCUT2D eigenvalue weighted by Crippen LogP contribution is 2.42. The highest BCUT2D eigenvalue weighted by Gasteiger charge is 2.36. The van der Waals surface area contributed by atoms with Gasteiger partial charge in [-0.25, -0.2) is 8.42 Å². The first kappa shape index (κ1) is 23.4. The van der Waals surface area contributed by atoms with Crippen molar-refractivity contribution >= 4 is 43.3 Å². The Balaban J connectivity index is 2.16. The summed E-state index contributed by atoms with van der Waals surface area (Å²) in [5, 5.41) is 30.5. The van der Waals surface area contributed by atoms with Crippen molar-refractivity contribution < 1.29 is 23.4 Å². The molecule has 2 aromatic rings. The molecule has 0 aromatic heterocycles. The molecule has 164 valence electrons. The van der Waals surface area contributed by atoms with E-state index in [1.165, 1.54) is 24.3 Å². The summed E-state index contributed by atoms with van der Waals surface area (Å²) in [6.07, 6.45) is 3.73. The predicted molar refractivity (Wildman–Crippen MR) is 119 cm³/mol. The molecule has 4 N–H and O–H groups in total. The van der Waals surface area contributed by atoms with Crippen LogP contribution in [0.2, 0.25) is 5.02 Å². The molecule has 0 heterocycles. The molecule has 1 aliphatic rings. The number of nitriles is 1. The molecular weight excluding hydrogens is 508 g/mol. The zero-order valence-electron chi connectivity index (χ0n) is 16.4. The Morgan fingerprint density at radius 2 is 1.81 bits per heavy atom. The lowest BCUT2D eigenvalue weighted by Crippen LogP contribution is -2.28. The van der Waals surface area contributed by atoms with E-state index >= 15 is 0 Å². The summed E-state index contributed by atoms with van der Waals surface area (Å²) in [7, 11) is -4.19. The third kappa shape index (κ3) is 4.52. The number of hydrogen-bond donors (Lipinski definition) is 3. The maximum Gasteiger partial charge on any atom is 0.252 e.